The van der Waals surface area contributed by atoms with Crippen LogP contribution in [0.3, 0.4) is 0 Å². The number of thiophene rings is 1. The third-order valence-corrected chi connectivity index (χ3v) is 3.35. The molecule has 0 aliphatic carbocycles. The number of methoxy groups -OCH3 is 1. The average molecular weight is 243 g/mol. The topological polar surface area (TPSA) is 52.3 Å². The number of nitrogen functional groups attached to an aromatic ring is 1. The number of carbonyl (C=O) groups is 1. The number of benzene rings is 1. The molecule has 2 N–H and O–H groups in total. The SMILES string of the molecule is COC(=O)c1sc2c(F)c(F)ccc2c1N. The van der Waals surface area contributed by atoms with E-state index in [0.29, 0.717) is 5.39 Å². The molecule has 0 fully saturated rings. The lowest BCUT2D eigenvalue weighted by Gasteiger charge is -1.96. The molecule has 16 heavy (non-hydrogen) atoms. The first-order valence-corrected chi connectivity index (χ1v) is 5.12. The molecule has 0 saturated heterocycles. The van der Waals surface area contributed by atoms with Crippen molar-refractivity contribution in [3.8, 4) is 0 Å². The third kappa shape index (κ3) is 1.42. The summed E-state index contributed by atoms with van der Waals surface area (Å²) in [6.07, 6.45) is 0. The standard InChI is InChI=1S/C10H7F2NO2S/c1-15-10(14)9-7(13)4-2-3-5(11)6(12)8(4)16-9/h2-3H,13H2,1H3. The monoisotopic (exact) mass is 243 g/mol. The van der Waals surface area contributed by atoms with E-state index in [1.54, 1.807) is 0 Å². The molecule has 0 spiro atoms. The van der Waals surface area contributed by atoms with E-state index in [4.69, 9.17) is 5.73 Å². The molecule has 0 unspecified atom stereocenters. The van der Waals surface area contributed by atoms with Gasteiger partial charge in [0.05, 0.1) is 17.5 Å². The molecule has 0 atom stereocenters. The highest BCUT2D eigenvalue weighted by molar-refractivity contribution is 7.21. The van der Waals surface area contributed by atoms with Gasteiger partial charge in [0, 0.05) is 5.39 Å². The van der Waals surface area contributed by atoms with Crippen LogP contribution in [-0.4, -0.2) is 13.1 Å². The molecule has 2 aromatic rings. The molecular formula is C10H7F2NO2S. The van der Waals surface area contributed by atoms with Crippen LogP contribution in [0.25, 0.3) is 10.1 Å². The fraction of sp³-hybridized carbons (Fsp3) is 0.100. The number of fused-ring (bicyclic) bond motifs is 1. The number of nitrogens with two attached hydrogens (primary N) is 1. The maximum Gasteiger partial charge on any atom is 0.350 e. The first kappa shape index (κ1) is 10.8. The van der Waals surface area contributed by atoms with Crippen LogP contribution >= 0.6 is 11.3 Å². The molecule has 1 aromatic carbocycles. The van der Waals surface area contributed by atoms with Gasteiger partial charge in [-0.1, -0.05) is 0 Å². The Balaban J connectivity index is 2.77. The molecule has 1 heterocycles. The van der Waals surface area contributed by atoms with Crippen molar-refractivity contribution in [1.29, 1.82) is 0 Å². The summed E-state index contributed by atoms with van der Waals surface area (Å²) in [6.45, 7) is 0. The van der Waals surface area contributed by atoms with Gasteiger partial charge in [-0.25, -0.2) is 13.6 Å². The van der Waals surface area contributed by atoms with E-state index in [-0.39, 0.29) is 15.3 Å². The van der Waals surface area contributed by atoms with Gasteiger partial charge in [0.25, 0.3) is 0 Å². The van der Waals surface area contributed by atoms with Gasteiger partial charge in [0.15, 0.2) is 11.6 Å². The van der Waals surface area contributed by atoms with Crippen LogP contribution in [-0.2, 0) is 4.74 Å². The summed E-state index contributed by atoms with van der Waals surface area (Å²) in [6, 6.07) is 2.31. The summed E-state index contributed by atoms with van der Waals surface area (Å²) in [5.74, 6) is -2.62. The predicted molar refractivity (Wildman–Crippen MR) is 57.5 cm³/mol. The fourth-order valence-corrected chi connectivity index (χ4v) is 2.43. The summed E-state index contributed by atoms with van der Waals surface area (Å²) in [4.78, 5) is 11.4. The molecule has 6 heteroatoms. The van der Waals surface area contributed by atoms with Crippen LogP contribution in [0.4, 0.5) is 14.5 Å². The highest BCUT2D eigenvalue weighted by atomic mass is 32.1. The summed E-state index contributed by atoms with van der Waals surface area (Å²) < 4.78 is 30.9. The molecule has 3 nitrogen and oxygen atoms in total. The predicted octanol–water partition coefficient (Wildman–Crippen LogP) is 2.55. The summed E-state index contributed by atoms with van der Waals surface area (Å²) in [5, 5.41) is 0.323. The third-order valence-electron chi connectivity index (χ3n) is 2.16. The summed E-state index contributed by atoms with van der Waals surface area (Å²) in [5.41, 5.74) is 5.77. The first-order valence-electron chi connectivity index (χ1n) is 4.30. The van der Waals surface area contributed by atoms with Crippen molar-refractivity contribution in [2.75, 3.05) is 12.8 Å². The maximum absolute atomic E-state index is 13.4. The number of esters is 1. The fourth-order valence-electron chi connectivity index (χ4n) is 1.37. The van der Waals surface area contributed by atoms with E-state index >= 15 is 0 Å². The van der Waals surface area contributed by atoms with Crippen molar-refractivity contribution in [2.24, 2.45) is 0 Å². The molecular weight excluding hydrogens is 236 g/mol. The summed E-state index contributed by atoms with van der Waals surface area (Å²) in [7, 11) is 1.20. The lowest BCUT2D eigenvalue weighted by atomic mass is 10.2. The molecule has 0 aliphatic rings. The van der Waals surface area contributed by atoms with Gasteiger partial charge in [-0.05, 0) is 12.1 Å². The van der Waals surface area contributed by atoms with Crippen molar-refractivity contribution in [3.05, 3.63) is 28.6 Å². The van der Waals surface area contributed by atoms with E-state index in [2.05, 4.69) is 4.74 Å². The second-order valence-corrected chi connectivity index (χ2v) is 4.10. The van der Waals surface area contributed by atoms with Gasteiger partial charge in [-0.3, -0.25) is 0 Å². The Morgan fingerprint density at radius 2 is 2.12 bits per heavy atom. The maximum atomic E-state index is 13.4. The van der Waals surface area contributed by atoms with Crippen LogP contribution < -0.4 is 5.73 Å². The Labute approximate surface area is 93.4 Å². The van der Waals surface area contributed by atoms with Gasteiger partial charge in [0.1, 0.15) is 4.88 Å². The highest BCUT2D eigenvalue weighted by Gasteiger charge is 2.20. The van der Waals surface area contributed by atoms with Crippen LogP contribution in [0.15, 0.2) is 12.1 Å². The summed E-state index contributed by atoms with van der Waals surface area (Å²) >= 11 is 0.783. The first-order chi connectivity index (χ1) is 7.56. The number of hydrogen-bond acceptors (Lipinski definition) is 4. The lowest BCUT2D eigenvalue weighted by molar-refractivity contribution is 0.0607. The lowest BCUT2D eigenvalue weighted by Crippen LogP contribution is -2.01. The normalized spacial score (nSPS) is 10.7. The van der Waals surface area contributed by atoms with Crippen molar-refractivity contribution in [1.82, 2.24) is 0 Å². The van der Waals surface area contributed by atoms with Crippen LogP contribution in [0.1, 0.15) is 9.67 Å². The van der Waals surface area contributed by atoms with Gasteiger partial charge < -0.3 is 10.5 Å². The van der Waals surface area contributed by atoms with Crippen molar-refractivity contribution in [3.63, 3.8) is 0 Å². The van der Waals surface area contributed by atoms with Gasteiger partial charge in [0.2, 0.25) is 0 Å². The minimum atomic E-state index is -0.996. The molecule has 0 amide bonds. The number of halogens is 2. The Bertz CT molecular complexity index is 580. The molecule has 0 aliphatic heterocycles. The number of ether oxygens (including phenoxy) is 1. The van der Waals surface area contributed by atoms with Crippen molar-refractivity contribution >= 4 is 33.1 Å². The minimum Gasteiger partial charge on any atom is -0.465 e. The molecule has 0 saturated carbocycles. The zero-order valence-corrected chi connectivity index (χ0v) is 9.03. The van der Waals surface area contributed by atoms with Gasteiger partial charge in [-0.15, -0.1) is 11.3 Å². The van der Waals surface area contributed by atoms with Crippen molar-refractivity contribution in [2.45, 2.75) is 0 Å². The molecule has 2 rings (SSSR count). The largest absolute Gasteiger partial charge is 0.465 e. The van der Waals surface area contributed by atoms with E-state index in [9.17, 15) is 13.6 Å². The van der Waals surface area contributed by atoms with E-state index in [1.165, 1.54) is 13.2 Å². The Morgan fingerprint density at radius 3 is 2.75 bits per heavy atom. The number of anilines is 1. The van der Waals surface area contributed by atoms with E-state index < -0.39 is 17.6 Å². The average Bonchev–Trinajstić information content (AvgIpc) is 2.61. The Morgan fingerprint density at radius 1 is 1.44 bits per heavy atom. The van der Waals surface area contributed by atoms with E-state index in [1.807, 2.05) is 0 Å². The van der Waals surface area contributed by atoms with Gasteiger partial charge in [-0.2, -0.15) is 0 Å². The molecule has 0 radical (unpaired) electrons. The zero-order valence-electron chi connectivity index (χ0n) is 8.21. The van der Waals surface area contributed by atoms with Crippen molar-refractivity contribution < 1.29 is 18.3 Å². The number of hydrogen-bond donors (Lipinski definition) is 1. The molecule has 1 aromatic heterocycles. The van der Waals surface area contributed by atoms with Crippen LogP contribution in [0.5, 0.6) is 0 Å². The van der Waals surface area contributed by atoms with E-state index in [0.717, 1.165) is 17.4 Å². The number of rotatable bonds is 1. The quantitative estimate of drug-likeness (QED) is 0.783. The Hall–Kier alpha value is -1.69. The minimum absolute atomic E-state index is 0.0258. The Kier molecular flexibility index (Phi) is 2.51. The molecule has 0 bridgehead atoms. The number of carbonyl (C=O) groups excluding carboxylic acids is 1. The van der Waals surface area contributed by atoms with Gasteiger partial charge >= 0.3 is 5.97 Å². The highest BCUT2D eigenvalue weighted by Crippen LogP contribution is 2.36. The molecule has 84 valence electrons. The van der Waals surface area contributed by atoms with Crippen LogP contribution in [0, 0.1) is 11.6 Å². The second kappa shape index (κ2) is 3.71. The van der Waals surface area contributed by atoms with Crippen LogP contribution in [0.2, 0.25) is 0 Å². The zero-order chi connectivity index (χ0) is 11.9. The smallest absolute Gasteiger partial charge is 0.350 e. The second-order valence-electron chi connectivity index (χ2n) is 3.07.